The van der Waals surface area contributed by atoms with E-state index in [1.54, 1.807) is 19.3 Å². The highest BCUT2D eigenvalue weighted by atomic mass is 16.7. The smallest absolute Gasteiger partial charge is 0.146 e. The van der Waals surface area contributed by atoms with E-state index in [0.29, 0.717) is 19.8 Å². The van der Waals surface area contributed by atoms with Crippen molar-refractivity contribution in [3.8, 4) is 5.75 Å². The topological polar surface area (TPSA) is 66.4 Å². The van der Waals surface area contributed by atoms with E-state index < -0.39 is 12.2 Å². The quantitative estimate of drug-likeness (QED) is 0.297. The molecular weight excluding hydrogens is 372 g/mol. The van der Waals surface area contributed by atoms with Crippen LogP contribution in [-0.2, 0) is 32.2 Å². The van der Waals surface area contributed by atoms with Crippen molar-refractivity contribution >= 4 is 0 Å². The zero-order valence-corrected chi connectivity index (χ0v) is 17.0. The van der Waals surface area contributed by atoms with E-state index in [-0.39, 0.29) is 13.4 Å². The Morgan fingerprint density at radius 2 is 1.59 bits per heavy atom. The summed E-state index contributed by atoms with van der Waals surface area (Å²) in [4.78, 5) is 0. The first kappa shape index (κ1) is 23.1. The van der Waals surface area contributed by atoms with Gasteiger partial charge < -0.3 is 28.8 Å². The third kappa shape index (κ3) is 9.21. The van der Waals surface area contributed by atoms with Crippen molar-refractivity contribution in [3.05, 3.63) is 77.9 Å². The van der Waals surface area contributed by atoms with E-state index in [1.165, 1.54) is 7.11 Å². The standard InChI is InChI=1S/C23H30O6/c1-25-18-29-23(17-28-16-20-10-12-21(26-2)13-11-20)22(24)9-6-14-27-15-19-7-4-3-5-8-19/h3-13,22-24H,14-18H2,1-2H3/b9-6-/t22-,23-/m0/s1. The molecule has 0 fully saturated rings. The molecule has 0 unspecified atom stereocenters. The first-order valence-electron chi connectivity index (χ1n) is 9.50. The zero-order chi connectivity index (χ0) is 20.7. The van der Waals surface area contributed by atoms with Crippen LogP contribution in [0.25, 0.3) is 0 Å². The molecule has 0 aliphatic heterocycles. The predicted octanol–water partition coefficient (Wildman–Crippen LogP) is 3.33. The lowest BCUT2D eigenvalue weighted by Gasteiger charge is -2.21. The van der Waals surface area contributed by atoms with E-state index in [4.69, 9.17) is 23.7 Å². The largest absolute Gasteiger partial charge is 0.497 e. The summed E-state index contributed by atoms with van der Waals surface area (Å²) in [6.45, 7) is 1.64. The molecule has 6 nitrogen and oxygen atoms in total. The van der Waals surface area contributed by atoms with Gasteiger partial charge in [-0.15, -0.1) is 0 Å². The predicted molar refractivity (Wildman–Crippen MR) is 111 cm³/mol. The zero-order valence-electron chi connectivity index (χ0n) is 17.0. The van der Waals surface area contributed by atoms with Crippen LogP contribution in [0.1, 0.15) is 11.1 Å². The van der Waals surface area contributed by atoms with Crippen LogP contribution in [-0.4, -0.2) is 51.5 Å². The summed E-state index contributed by atoms with van der Waals surface area (Å²) in [6, 6.07) is 17.6. The fraction of sp³-hybridized carbons (Fsp3) is 0.391. The molecule has 0 bridgehead atoms. The fourth-order valence-corrected chi connectivity index (χ4v) is 2.55. The molecule has 0 aromatic heterocycles. The number of methoxy groups -OCH3 is 2. The molecular formula is C23H30O6. The molecule has 0 saturated carbocycles. The van der Waals surface area contributed by atoms with Crippen LogP contribution in [0.15, 0.2) is 66.7 Å². The third-order valence-corrected chi connectivity index (χ3v) is 4.15. The third-order valence-electron chi connectivity index (χ3n) is 4.15. The number of benzene rings is 2. The summed E-state index contributed by atoms with van der Waals surface area (Å²) in [5.74, 6) is 0.796. The van der Waals surface area contributed by atoms with Gasteiger partial charge in [-0.05, 0) is 23.3 Å². The molecule has 2 rings (SSSR count). The van der Waals surface area contributed by atoms with Gasteiger partial charge in [-0.25, -0.2) is 0 Å². The van der Waals surface area contributed by atoms with Crippen LogP contribution < -0.4 is 4.74 Å². The van der Waals surface area contributed by atoms with Crippen molar-refractivity contribution in [3.63, 3.8) is 0 Å². The van der Waals surface area contributed by atoms with Crippen molar-refractivity contribution in [2.75, 3.05) is 34.2 Å². The molecule has 1 N–H and O–H groups in total. The summed E-state index contributed by atoms with van der Waals surface area (Å²) >= 11 is 0. The van der Waals surface area contributed by atoms with Gasteiger partial charge in [0, 0.05) is 7.11 Å². The lowest BCUT2D eigenvalue weighted by molar-refractivity contribution is -0.127. The first-order chi connectivity index (χ1) is 14.2. The Morgan fingerprint density at radius 1 is 0.897 bits per heavy atom. The Bertz CT molecular complexity index is 686. The molecule has 2 atom stereocenters. The monoisotopic (exact) mass is 402 g/mol. The van der Waals surface area contributed by atoms with Crippen molar-refractivity contribution < 1.29 is 28.8 Å². The average Bonchev–Trinajstić information content (AvgIpc) is 2.77. The fourth-order valence-electron chi connectivity index (χ4n) is 2.55. The first-order valence-corrected chi connectivity index (χ1v) is 9.50. The summed E-state index contributed by atoms with van der Waals surface area (Å²) in [6.07, 6.45) is 2.06. The second-order valence-corrected chi connectivity index (χ2v) is 6.39. The van der Waals surface area contributed by atoms with Crippen LogP contribution >= 0.6 is 0 Å². The van der Waals surface area contributed by atoms with Gasteiger partial charge >= 0.3 is 0 Å². The lowest BCUT2D eigenvalue weighted by Crippen LogP contribution is -2.33. The highest BCUT2D eigenvalue weighted by Gasteiger charge is 2.18. The summed E-state index contributed by atoms with van der Waals surface area (Å²) in [5, 5.41) is 10.4. The molecule has 0 aliphatic carbocycles. The summed E-state index contributed by atoms with van der Waals surface area (Å²) in [5.41, 5.74) is 2.12. The van der Waals surface area contributed by atoms with Gasteiger partial charge in [0.15, 0.2) is 0 Å². The highest BCUT2D eigenvalue weighted by Crippen LogP contribution is 2.13. The Kier molecular flexibility index (Phi) is 11.0. The van der Waals surface area contributed by atoms with Gasteiger partial charge in [-0.1, -0.05) is 54.6 Å². The van der Waals surface area contributed by atoms with Gasteiger partial charge in [0.2, 0.25) is 0 Å². The molecule has 0 spiro atoms. The van der Waals surface area contributed by atoms with Crippen LogP contribution in [0.2, 0.25) is 0 Å². The van der Waals surface area contributed by atoms with Gasteiger partial charge in [0.05, 0.1) is 33.5 Å². The van der Waals surface area contributed by atoms with E-state index >= 15 is 0 Å². The Labute approximate surface area is 172 Å². The normalized spacial score (nSPS) is 13.5. The molecule has 0 saturated heterocycles. The molecule has 6 heteroatoms. The van der Waals surface area contributed by atoms with E-state index in [2.05, 4.69) is 0 Å². The Morgan fingerprint density at radius 3 is 2.28 bits per heavy atom. The molecule has 0 amide bonds. The van der Waals surface area contributed by atoms with Gasteiger partial charge in [-0.3, -0.25) is 0 Å². The van der Waals surface area contributed by atoms with Gasteiger partial charge in [0.1, 0.15) is 24.8 Å². The number of hydrogen-bond acceptors (Lipinski definition) is 6. The number of rotatable bonds is 14. The lowest BCUT2D eigenvalue weighted by atomic mass is 10.2. The second-order valence-electron chi connectivity index (χ2n) is 6.39. The van der Waals surface area contributed by atoms with Crippen molar-refractivity contribution in [2.24, 2.45) is 0 Å². The molecule has 0 aliphatic rings. The van der Waals surface area contributed by atoms with Gasteiger partial charge in [0.25, 0.3) is 0 Å². The molecule has 158 valence electrons. The van der Waals surface area contributed by atoms with E-state index in [9.17, 15) is 5.11 Å². The molecule has 0 heterocycles. The van der Waals surface area contributed by atoms with Crippen LogP contribution in [0.4, 0.5) is 0 Å². The van der Waals surface area contributed by atoms with Crippen LogP contribution in [0.3, 0.4) is 0 Å². The number of aliphatic hydroxyl groups is 1. The minimum Gasteiger partial charge on any atom is -0.497 e. The maximum absolute atomic E-state index is 10.4. The van der Waals surface area contributed by atoms with Crippen LogP contribution in [0, 0.1) is 0 Å². The van der Waals surface area contributed by atoms with Crippen molar-refractivity contribution in [1.82, 2.24) is 0 Å². The highest BCUT2D eigenvalue weighted by molar-refractivity contribution is 5.26. The average molecular weight is 402 g/mol. The summed E-state index contributed by atoms with van der Waals surface area (Å²) in [7, 11) is 3.17. The second kappa shape index (κ2) is 13.9. The van der Waals surface area contributed by atoms with E-state index in [0.717, 1.165) is 16.9 Å². The number of hydrogen-bond donors (Lipinski definition) is 1. The van der Waals surface area contributed by atoms with Crippen LogP contribution in [0.5, 0.6) is 5.75 Å². The number of ether oxygens (including phenoxy) is 5. The molecule has 29 heavy (non-hydrogen) atoms. The summed E-state index contributed by atoms with van der Waals surface area (Å²) < 4.78 is 26.9. The molecule has 2 aromatic rings. The Balaban J connectivity index is 1.74. The SMILES string of the molecule is COCO[C@@H](COCc1ccc(OC)cc1)[C@@H](O)/C=C\COCc1ccccc1. The molecule has 0 radical (unpaired) electrons. The van der Waals surface area contributed by atoms with E-state index in [1.807, 2.05) is 54.6 Å². The minimum atomic E-state index is -0.832. The van der Waals surface area contributed by atoms with Crippen molar-refractivity contribution in [2.45, 2.75) is 25.4 Å². The Hall–Kier alpha value is -2.22. The molecule has 2 aromatic carbocycles. The number of aliphatic hydroxyl groups excluding tert-OH is 1. The maximum atomic E-state index is 10.4. The van der Waals surface area contributed by atoms with Gasteiger partial charge in [-0.2, -0.15) is 0 Å². The van der Waals surface area contributed by atoms with Crippen molar-refractivity contribution in [1.29, 1.82) is 0 Å². The maximum Gasteiger partial charge on any atom is 0.146 e. The minimum absolute atomic E-state index is 0.0754.